The Bertz CT molecular complexity index is 413. The number of rotatable bonds is 17. The monoisotopic (exact) mass is 358 g/mol. The predicted octanol–water partition coefficient (Wildman–Crippen LogP) is 7.19. The van der Waals surface area contributed by atoms with Crippen LogP contribution < -0.4 is 0 Å². The second-order valence-corrected chi connectivity index (χ2v) is 7.16. The molecule has 0 heterocycles. The van der Waals surface area contributed by atoms with Gasteiger partial charge in [0.1, 0.15) is 6.61 Å². The van der Waals surface area contributed by atoms with Gasteiger partial charge < -0.3 is 5.11 Å². The first-order valence-corrected chi connectivity index (χ1v) is 11.1. The number of hydrogen-bond acceptors (Lipinski definition) is 1. The largest absolute Gasteiger partial charge is 0.384 e. The average Bonchev–Trinajstić information content (AvgIpc) is 2.66. The summed E-state index contributed by atoms with van der Waals surface area (Å²) < 4.78 is 0. The van der Waals surface area contributed by atoms with E-state index in [1.807, 2.05) is 0 Å². The van der Waals surface area contributed by atoms with Gasteiger partial charge in [-0.1, -0.05) is 102 Å². The van der Waals surface area contributed by atoms with E-state index in [1.165, 1.54) is 103 Å². The summed E-state index contributed by atoms with van der Waals surface area (Å²) in [5.74, 6) is 11.0. The molecule has 0 radical (unpaired) electrons. The van der Waals surface area contributed by atoms with Crippen molar-refractivity contribution < 1.29 is 5.11 Å². The first kappa shape index (κ1) is 24.8. The lowest BCUT2D eigenvalue weighted by Crippen LogP contribution is -1.81. The Labute approximate surface area is 164 Å². The van der Waals surface area contributed by atoms with Crippen molar-refractivity contribution >= 4 is 0 Å². The molecule has 0 saturated carbocycles. The summed E-state index contributed by atoms with van der Waals surface area (Å²) in [6.07, 6.45) is 27.4. The molecule has 0 spiro atoms. The number of hydrogen-bond donors (Lipinski definition) is 1. The maximum Gasteiger partial charge on any atom is 0.105 e. The van der Waals surface area contributed by atoms with Crippen LogP contribution in [0.1, 0.15) is 116 Å². The van der Waals surface area contributed by atoms with Crippen LogP contribution in [0.5, 0.6) is 0 Å². The van der Waals surface area contributed by atoms with Crippen molar-refractivity contribution in [3.05, 3.63) is 12.2 Å². The highest BCUT2D eigenvalue weighted by molar-refractivity contribution is 5.25. The molecular formula is C25H42O. The maximum atomic E-state index is 8.49. The van der Waals surface area contributed by atoms with E-state index in [0.717, 1.165) is 6.42 Å². The molecule has 0 aliphatic carbocycles. The van der Waals surface area contributed by atoms with Crippen molar-refractivity contribution in [3.8, 4) is 23.7 Å². The van der Waals surface area contributed by atoms with E-state index >= 15 is 0 Å². The van der Waals surface area contributed by atoms with Gasteiger partial charge in [-0.05, 0) is 43.9 Å². The molecular weight excluding hydrogens is 316 g/mol. The van der Waals surface area contributed by atoms with Crippen molar-refractivity contribution in [3.63, 3.8) is 0 Å². The molecule has 0 aromatic carbocycles. The molecule has 0 atom stereocenters. The zero-order valence-corrected chi connectivity index (χ0v) is 17.3. The second kappa shape index (κ2) is 23.8. The smallest absolute Gasteiger partial charge is 0.105 e. The van der Waals surface area contributed by atoms with E-state index in [2.05, 4.69) is 42.8 Å². The minimum absolute atomic E-state index is 0.0931. The number of unbranched alkanes of at least 4 members (excludes halogenated alkanes) is 15. The third kappa shape index (κ3) is 22.8. The molecule has 0 fully saturated rings. The topological polar surface area (TPSA) is 20.2 Å². The van der Waals surface area contributed by atoms with E-state index in [-0.39, 0.29) is 6.61 Å². The molecule has 0 aliphatic heterocycles. The highest BCUT2D eigenvalue weighted by Crippen LogP contribution is 2.11. The van der Waals surface area contributed by atoms with Crippen LogP contribution in [0.2, 0.25) is 0 Å². The highest BCUT2D eigenvalue weighted by atomic mass is 16.2. The standard InChI is InChI=1S/C25H42O/c1-2-3-4-5-6-7-8-9-10-11-12-13-14-15-16-17-18-19-20-21-22-23-24-25-26/h9-10,26H,2-8,11-20,25H2,1H3/b10-9-. The van der Waals surface area contributed by atoms with Gasteiger partial charge in [0.25, 0.3) is 0 Å². The summed E-state index contributed by atoms with van der Waals surface area (Å²) in [4.78, 5) is 0. The zero-order chi connectivity index (χ0) is 19.0. The summed E-state index contributed by atoms with van der Waals surface area (Å²) in [6, 6.07) is 0. The lowest BCUT2D eigenvalue weighted by atomic mass is 10.1. The van der Waals surface area contributed by atoms with Crippen LogP contribution in [-0.2, 0) is 0 Å². The van der Waals surface area contributed by atoms with Crippen LogP contribution in [-0.4, -0.2) is 11.7 Å². The van der Waals surface area contributed by atoms with Gasteiger partial charge in [0, 0.05) is 6.42 Å². The first-order valence-electron chi connectivity index (χ1n) is 11.1. The molecule has 0 aliphatic rings. The molecule has 0 aromatic heterocycles. The summed E-state index contributed by atoms with van der Waals surface area (Å²) in [5.41, 5.74) is 0. The predicted molar refractivity (Wildman–Crippen MR) is 116 cm³/mol. The molecule has 26 heavy (non-hydrogen) atoms. The minimum Gasteiger partial charge on any atom is -0.384 e. The Kier molecular flexibility index (Phi) is 22.7. The van der Waals surface area contributed by atoms with Crippen molar-refractivity contribution in [1.82, 2.24) is 0 Å². The molecule has 1 nitrogen and oxygen atoms in total. The third-order valence-electron chi connectivity index (χ3n) is 4.63. The Morgan fingerprint density at radius 2 is 1.04 bits per heavy atom. The Morgan fingerprint density at radius 3 is 1.58 bits per heavy atom. The van der Waals surface area contributed by atoms with Crippen LogP contribution in [0, 0.1) is 23.7 Å². The Balaban J connectivity index is 3.14. The van der Waals surface area contributed by atoms with E-state index in [0.29, 0.717) is 0 Å². The van der Waals surface area contributed by atoms with Gasteiger partial charge in [-0.3, -0.25) is 0 Å². The van der Waals surface area contributed by atoms with Gasteiger partial charge in [0.05, 0.1) is 0 Å². The van der Waals surface area contributed by atoms with Gasteiger partial charge in [-0.15, -0.1) is 0 Å². The van der Waals surface area contributed by atoms with E-state index in [1.54, 1.807) is 0 Å². The maximum absolute atomic E-state index is 8.49. The SMILES string of the molecule is CCCCCCCC/C=C\CCCCCCCCCCC#CC#CCO. The fourth-order valence-corrected chi connectivity index (χ4v) is 3.00. The Hall–Kier alpha value is -1.18. The van der Waals surface area contributed by atoms with Gasteiger partial charge in [0.15, 0.2) is 0 Å². The van der Waals surface area contributed by atoms with Gasteiger partial charge in [-0.25, -0.2) is 0 Å². The fraction of sp³-hybridized carbons (Fsp3) is 0.760. The number of aliphatic hydroxyl groups excluding tert-OH is 1. The van der Waals surface area contributed by atoms with Crippen molar-refractivity contribution in [2.24, 2.45) is 0 Å². The first-order chi connectivity index (χ1) is 12.9. The summed E-state index contributed by atoms with van der Waals surface area (Å²) in [5, 5.41) is 8.49. The van der Waals surface area contributed by atoms with Crippen LogP contribution in [0.15, 0.2) is 12.2 Å². The molecule has 1 N–H and O–H groups in total. The minimum atomic E-state index is -0.0931. The van der Waals surface area contributed by atoms with Gasteiger partial charge in [-0.2, -0.15) is 0 Å². The summed E-state index contributed by atoms with van der Waals surface area (Å²) in [6.45, 7) is 2.18. The van der Waals surface area contributed by atoms with Crippen molar-refractivity contribution in [2.45, 2.75) is 116 Å². The van der Waals surface area contributed by atoms with Gasteiger partial charge >= 0.3 is 0 Å². The normalized spacial score (nSPS) is 10.4. The second-order valence-electron chi connectivity index (χ2n) is 7.16. The molecule has 0 saturated heterocycles. The van der Waals surface area contributed by atoms with Crippen LogP contribution >= 0.6 is 0 Å². The average molecular weight is 359 g/mol. The zero-order valence-electron chi connectivity index (χ0n) is 17.3. The van der Waals surface area contributed by atoms with E-state index in [9.17, 15) is 0 Å². The van der Waals surface area contributed by atoms with Crippen molar-refractivity contribution in [2.75, 3.05) is 6.61 Å². The number of allylic oxidation sites excluding steroid dienone is 2. The molecule has 0 aromatic rings. The molecule has 0 bridgehead atoms. The molecule has 0 rings (SSSR count). The fourth-order valence-electron chi connectivity index (χ4n) is 3.00. The number of aliphatic hydroxyl groups is 1. The van der Waals surface area contributed by atoms with Crippen LogP contribution in [0.4, 0.5) is 0 Å². The van der Waals surface area contributed by atoms with E-state index in [4.69, 9.17) is 5.11 Å². The van der Waals surface area contributed by atoms with Crippen LogP contribution in [0.3, 0.4) is 0 Å². The quantitative estimate of drug-likeness (QED) is 0.166. The molecule has 148 valence electrons. The lowest BCUT2D eigenvalue weighted by molar-refractivity contribution is 0.350. The third-order valence-corrected chi connectivity index (χ3v) is 4.63. The van der Waals surface area contributed by atoms with Crippen LogP contribution in [0.25, 0.3) is 0 Å². The van der Waals surface area contributed by atoms with Gasteiger partial charge in [0.2, 0.25) is 0 Å². The Morgan fingerprint density at radius 1 is 0.577 bits per heavy atom. The lowest BCUT2D eigenvalue weighted by Gasteiger charge is -2.00. The van der Waals surface area contributed by atoms with Crippen molar-refractivity contribution in [1.29, 1.82) is 0 Å². The summed E-state index contributed by atoms with van der Waals surface area (Å²) in [7, 11) is 0. The molecule has 1 heteroatoms. The summed E-state index contributed by atoms with van der Waals surface area (Å²) >= 11 is 0. The highest BCUT2D eigenvalue weighted by Gasteiger charge is 1.92. The molecule has 0 unspecified atom stereocenters. The molecule has 0 amide bonds. The van der Waals surface area contributed by atoms with E-state index < -0.39 is 0 Å².